The van der Waals surface area contributed by atoms with Gasteiger partial charge in [0.1, 0.15) is 0 Å². The number of ether oxygens (including phenoxy) is 1. The lowest BCUT2D eigenvalue weighted by atomic mass is 9.92. The molecule has 0 spiro atoms. The standard InChI is InChI=1S/C11H18N4O2/c1-7-8(12)9(15-14-7)10(16)13-11(2)3-5-17-6-4-11/h3-6,12H2,1-2H3,(H,13,16)(H,14,15). The maximum Gasteiger partial charge on any atom is 0.274 e. The zero-order chi connectivity index (χ0) is 12.5. The molecule has 0 bridgehead atoms. The fourth-order valence-corrected chi connectivity index (χ4v) is 1.89. The number of carbonyl (C=O) groups is 1. The van der Waals surface area contributed by atoms with Crippen molar-refractivity contribution in [1.29, 1.82) is 0 Å². The summed E-state index contributed by atoms with van der Waals surface area (Å²) in [5, 5.41) is 9.61. The van der Waals surface area contributed by atoms with Crippen LogP contribution in [0.25, 0.3) is 0 Å². The quantitative estimate of drug-likeness (QED) is 0.703. The van der Waals surface area contributed by atoms with Gasteiger partial charge in [0, 0.05) is 18.8 Å². The van der Waals surface area contributed by atoms with E-state index in [1.807, 2.05) is 6.92 Å². The second-order valence-corrected chi connectivity index (χ2v) is 4.74. The lowest BCUT2D eigenvalue weighted by molar-refractivity contribution is 0.0421. The average molecular weight is 238 g/mol. The van der Waals surface area contributed by atoms with Crippen LogP contribution in [0.1, 0.15) is 35.9 Å². The maximum absolute atomic E-state index is 12.0. The van der Waals surface area contributed by atoms with E-state index in [1.165, 1.54) is 0 Å². The molecule has 0 aromatic carbocycles. The molecule has 0 aliphatic carbocycles. The Balaban J connectivity index is 2.08. The number of nitrogen functional groups attached to an aromatic ring is 1. The molecule has 1 aromatic heterocycles. The van der Waals surface area contributed by atoms with Crippen LogP contribution in [0, 0.1) is 6.92 Å². The molecular formula is C11H18N4O2. The van der Waals surface area contributed by atoms with E-state index in [0.717, 1.165) is 12.8 Å². The van der Waals surface area contributed by atoms with Crippen molar-refractivity contribution < 1.29 is 9.53 Å². The second-order valence-electron chi connectivity index (χ2n) is 4.74. The predicted molar refractivity (Wildman–Crippen MR) is 63.7 cm³/mol. The first kappa shape index (κ1) is 11.9. The largest absolute Gasteiger partial charge is 0.395 e. The lowest BCUT2D eigenvalue weighted by Crippen LogP contribution is -2.49. The highest BCUT2D eigenvalue weighted by Crippen LogP contribution is 2.21. The van der Waals surface area contributed by atoms with Gasteiger partial charge in [-0.05, 0) is 26.7 Å². The summed E-state index contributed by atoms with van der Waals surface area (Å²) < 4.78 is 5.28. The van der Waals surface area contributed by atoms with Crippen LogP contribution in [0.4, 0.5) is 5.69 Å². The lowest BCUT2D eigenvalue weighted by Gasteiger charge is -2.34. The second kappa shape index (κ2) is 4.37. The van der Waals surface area contributed by atoms with Crippen LogP contribution in [0.2, 0.25) is 0 Å². The topological polar surface area (TPSA) is 93.0 Å². The first-order chi connectivity index (χ1) is 8.02. The summed E-state index contributed by atoms with van der Waals surface area (Å²) in [4.78, 5) is 12.0. The number of aromatic nitrogens is 2. The fraction of sp³-hybridized carbons (Fsp3) is 0.636. The van der Waals surface area contributed by atoms with Gasteiger partial charge in [-0.3, -0.25) is 9.89 Å². The molecular weight excluding hydrogens is 220 g/mol. The van der Waals surface area contributed by atoms with Gasteiger partial charge in [-0.15, -0.1) is 0 Å². The highest BCUT2D eigenvalue weighted by molar-refractivity contribution is 5.98. The normalized spacial score (nSPS) is 18.9. The van der Waals surface area contributed by atoms with E-state index >= 15 is 0 Å². The van der Waals surface area contributed by atoms with Crippen molar-refractivity contribution in [2.75, 3.05) is 18.9 Å². The summed E-state index contributed by atoms with van der Waals surface area (Å²) >= 11 is 0. The molecule has 6 nitrogen and oxygen atoms in total. The zero-order valence-corrected chi connectivity index (χ0v) is 10.2. The number of amides is 1. The van der Waals surface area contributed by atoms with Gasteiger partial charge in [0.15, 0.2) is 5.69 Å². The summed E-state index contributed by atoms with van der Waals surface area (Å²) in [5.41, 5.74) is 6.95. The van der Waals surface area contributed by atoms with Crippen LogP contribution in [-0.4, -0.2) is 34.9 Å². The number of aryl methyl sites for hydroxylation is 1. The summed E-state index contributed by atoms with van der Waals surface area (Å²) in [7, 11) is 0. The minimum atomic E-state index is -0.228. The van der Waals surface area contributed by atoms with Gasteiger partial charge in [-0.2, -0.15) is 5.10 Å². The number of nitrogens with zero attached hydrogens (tertiary/aromatic N) is 1. The Labute approximate surface area is 99.9 Å². The molecule has 0 saturated carbocycles. The summed E-state index contributed by atoms with van der Waals surface area (Å²) in [6, 6.07) is 0. The highest BCUT2D eigenvalue weighted by Gasteiger charge is 2.30. The van der Waals surface area contributed by atoms with Crippen molar-refractivity contribution in [3.8, 4) is 0 Å². The van der Waals surface area contributed by atoms with E-state index in [2.05, 4.69) is 15.5 Å². The molecule has 2 rings (SSSR count). The number of hydrogen-bond donors (Lipinski definition) is 3. The van der Waals surface area contributed by atoms with Gasteiger partial charge in [0.05, 0.1) is 11.4 Å². The van der Waals surface area contributed by atoms with E-state index in [4.69, 9.17) is 10.5 Å². The van der Waals surface area contributed by atoms with Gasteiger partial charge >= 0.3 is 0 Å². The number of anilines is 1. The molecule has 4 N–H and O–H groups in total. The molecule has 1 fully saturated rings. The minimum Gasteiger partial charge on any atom is -0.395 e. The van der Waals surface area contributed by atoms with Crippen molar-refractivity contribution in [2.24, 2.45) is 0 Å². The van der Waals surface area contributed by atoms with Crippen molar-refractivity contribution in [3.63, 3.8) is 0 Å². The Bertz CT molecular complexity index is 421. The minimum absolute atomic E-state index is 0.226. The predicted octanol–water partition coefficient (Wildman–Crippen LogP) is 0.599. The zero-order valence-electron chi connectivity index (χ0n) is 10.2. The smallest absolute Gasteiger partial charge is 0.274 e. The van der Waals surface area contributed by atoms with Crippen LogP contribution in [-0.2, 0) is 4.74 Å². The number of nitrogens with one attached hydrogen (secondary N) is 2. The van der Waals surface area contributed by atoms with Crippen molar-refractivity contribution in [1.82, 2.24) is 15.5 Å². The Morgan fingerprint density at radius 3 is 2.71 bits per heavy atom. The van der Waals surface area contributed by atoms with Crippen LogP contribution < -0.4 is 11.1 Å². The number of carbonyl (C=O) groups excluding carboxylic acids is 1. The molecule has 94 valence electrons. The van der Waals surface area contributed by atoms with Gasteiger partial charge in [0.2, 0.25) is 0 Å². The molecule has 1 amide bonds. The first-order valence-corrected chi connectivity index (χ1v) is 5.72. The number of H-pyrrole nitrogens is 1. The molecule has 1 saturated heterocycles. The van der Waals surface area contributed by atoms with Crippen molar-refractivity contribution >= 4 is 11.6 Å². The maximum atomic E-state index is 12.0. The molecule has 0 radical (unpaired) electrons. The molecule has 2 heterocycles. The Hall–Kier alpha value is -1.56. The fourth-order valence-electron chi connectivity index (χ4n) is 1.89. The number of nitrogens with two attached hydrogens (primary N) is 1. The molecule has 0 unspecified atom stereocenters. The number of hydrogen-bond acceptors (Lipinski definition) is 4. The van der Waals surface area contributed by atoms with E-state index in [9.17, 15) is 4.79 Å². The van der Waals surface area contributed by atoms with E-state index in [1.54, 1.807) is 6.92 Å². The first-order valence-electron chi connectivity index (χ1n) is 5.72. The van der Waals surface area contributed by atoms with E-state index < -0.39 is 0 Å². The van der Waals surface area contributed by atoms with Crippen molar-refractivity contribution in [3.05, 3.63) is 11.4 Å². The van der Waals surface area contributed by atoms with Crippen LogP contribution in [0.3, 0.4) is 0 Å². The molecule has 1 aliphatic rings. The number of aromatic amines is 1. The van der Waals surface area contributed by atoms with Crippen LogP contribution >= 0.6 is 0 Å². The third-order valence-corrected chi connectivity index (χ3v) is 3.22. The van der Waals surface area contributed by atoms with Gasteiger partial charge in [0.25, 0.3) is 5.91 Å². The molecule has 0 atom stereocenters. The Morgan fingerprint density at radius 2 is 2.18 bits per heavy atom. The molecule has 1 aromatic rings. The monoisotopic (exact) mass is 238 g/mol. The molecule has 6 heteroatoms. The third kappa shape index (κ3) is 2.41. The summed E-state index contributed by atoms with van der Waals surface area (Å²) in [5.74, 6) is -0.226. The van der Waals surface area contributed by atoms with E-state index in [0.29, 0.717) is 24.6 Å². The van der Waals surface area contributed by atoms with E-state index in [-0.39, 0.29) is 17.1 Å². The summed E-state index contributed by atoms with van der Waals surface area (Å²) in [6.07, 6.45) is 1.62. The SMILES string of the molecule is Cc1[nH]nc(C(=O)NC2(C)CCOCC2)c1N. The van der Waals surface area contributed by atoms with Crippen LogP contribution in [0.15, 0.2) is 0 Å². The van der Waals surface area contributed by atoms with Crippen molar-refractivity contribution in [2.45, 2.75) is 32.2 Å². The number of rotatable bonds is 2. The summed E-state index contributed by atoms with van der Waals surface area (Å²) in [6.45, 7) is 5.15. The average Bonchev–Trinajstić information content (AvgIpc) is 2.60. The Kier molecular flexibility index (Phi) is 3.06. The Morgan fingerprint density at radius 1 is 1.53 bits per heavy atom. The van der Waals surface area contributed by atoms with Gasteiger partial charge < -0.3 is 15.8 Å². The van der Waals surface area contributed by atoms with Gasteiger partial charge in [-0.1, -0.05) is 0 Å². The molecule has 17 heavy (non-hydrogen) atoms. The highest BCUT2D eigenvalue weighted by atomic mass is 16.5. The molecule has 1 aliphatic heterocycles. The third-order valence-electron chi connectivity index (χ3n) is 3.22. The van der Waals surface area contributed by atoms with Crippen LogP contribution in [0.5, 0.6) is 0 Å². The van der Waals surface area contributed by atoms with Gasteiger partial charge in [-0.25, -0.2) is 0 Å².